The summed E-state index contributed by atoms with van der Waals surface area (Å²) in [5, 5.41) is 0.684. The van der Waals surface area contributed by atoms with Crippen molar-refractivity contribution in [2.45, 2.75) is 6.54 Å². The Labute approximate surface area is 104 Å². The number of hydrogen-bond acceptors (Lipinski definition) is 4. The third-order valence-corrected chi connectivity index (χ3v) is 2.67. The zero-order chi connectivity index (χ0) is 12.3. The van der Waals surface area contributed by atoms with Crippen LogP contribution in [0.1, 0.15) is 5.56 Å². The van der Waals surface area contributed by atoms with Crippen molar-refractivity contribution in [3.05, 3.63) is 41.2 Å². The Morgan fingerprint density at radius 1 is 1.24 bits per heavy atom. The van der Waals surface area contributed by atoms with Crippen molar-refractivity contribution in [3.63, 3.8) is 0 Å². The molecule has 2 N–H and O–H groups in total. The molecule has 5 heteroatoms. The van der Waals surface area contributed by atoms with Crippen LogP contribution in [0.3, 0.4) is 0 Å². The summed E-state index contributed by atoms with van der Waals surface area (Å²) in [6, 6.07) is 7.41. The van der Waals surface area contributed by atoms with Crippen LogP contribution in [-0.4, -0.2) is 17.1 Å². The second-order valence-electron chi connectivity index (χ2n) is 3.42. The average molecular weight is 250 g/mol. The van der Waals surface area contributed by atoms with Gasteiger partial charge in [0.25, 0.3) is 0 Å². The van der Waals surface area contributed by atoms with E-state index in [1.54, 1.807) is 7.11 Å². The van der Waals surface area contributed by atoms with Gasteiger partial charge in [0.1, 0.15) is 6.33 Å². The molecular weight excluding hydrogens is 238 g/mol. The topological polar surface area (TPSA) is 61.0 Å². The molecular formula is C12H12ClN3O. The van der Waals surface area contributed by atoms with E-state index in [9.17, 15) is 0 Å². The first-order valence-corrected chi connectivity index (χ1v) is 5.48. The Balaban J connectivity index is 2.54. The molecule has 2 aromatic rings. The summed E-state index contributed by atoms with van der Waals surface area (Å²) in [5.74, 6) is 0.507. The highest BCUT2D eigenvalue weighted by molar-refractivity contribution is 6.30. The Bertz CT molecular complexity index is 514. The molecule has 0 bridgehead atoms. The minimum absolute atomic E-state index is 0.321. The first-order valence-electron chi connectivity index (χ1n) is 5.10. The largest absolute Gasteiger partial charge is 0.481 e. The van der Waals surface area contributed by atoms with Crippen LogP contribution in [0.25, 0.3) is 11.3 Å². The van der Waals surface area contributed by atoms with Crippen LogP contribution < -0.4 is 10.5 Å². The molecule has 0 atom stereocenters. The molecule has 1 heterocycles. The molecule has 17 heavy (non-hydrogen) atoms. The summed E-state index contributed by atoms with van der Waals surface area (Å²) >= 11 is 5.85. The Morgan fingerprint density at radius 3 is 2.53 bits per heavy atom. The monoisotopic (exact) mass is 249 g/mol. The quantitative estimate of drug-likeness (QED) is 0.907. The maximum Gasteiger partial charge on any atom is 0.221 e. The number of rotatable bonds is 3. The fourth-order valence-corrected chi connectivity index (χ4v) is 1.74. The Kier molecular flexibility index (Phi) is 3.56. The highest BCUT2D eigenvalue weighted by Crippen LogP contribution is 2.27. The van der Waals surface area contributed by atoms with Gasteiger partial charge in [-0.25, -0.2) is 9.97 Å². The van der Waals surface area contributed by atoms with Crippen LogP contribution in [0.2, 0.25) is 5.02 Å². The lowest BCUT2D eigenvalue weighted by Crippen LogP contribution is -2.05. The van der Waals surface area contributed by atoms with Crippen molar-refractivity contribution in [1.29, 1.82) is 0 Å². The second-order valence-corrected chi connectivity index (χ2v) is 3.86. The maximum absolute atomic E-state index is 5.85. The summed E-state index contributed by atoms with van der Waals surface area (Å²) < 4.78 is 5.16. The fourth-order valence-electron chi connectivity index (χ4n) is 1.61. The molecule has 0 amide bonds. The summed E-state index contributed by atoms with van der Waals surface area (Å²) in [7, 11) is 1.56. The summed E-state index contributed by atoms with van der Waals surface area (Å²) in [5.41, 5.74) is 8.21. The fraction of sp³-hybridized carbons (Fsp3) is 0.167. The lowest BCUT2D eigenvalue weighted by atomic mass is 10.1. The van der Waals surface area contributed by atoms with Crippen molar-refractivity contribution < 1.29 is 4.74 Å². The van der Waals surface area contributed by atoms with Crippen LogP contribution in [0.5, 0.6) is 5.88 Å². The van der Waals surface area contributed by atoms with E-state index in [0.29, 0.717) is 17.4 Å². The van der Waals surface area contributed by atoms with E-state index < -0.39 is 0 Å². The van der Waals surface area contributed by atoms with Crippen LogP contribution in [0, 0.1) is 0 Å². The molecule has 4 nitrogen and oxygen atoms in total. The molecule has 1 aromatic heterocycles. The number of nitrogens with zero attached hydrogens (tertiary/aromatic N) is 2. The van der Waals surface area contributed by atoms with Crippen molar-refractivity contribution in [2.24, 2.45) is 5.73 Å². The van der Waals surface area contributed by atoms with Crippen molar-refractivity contribution in [1.82, 2.24) is 9.97 Å². The Morgan fingerprint density at radius 2 is 1.94 bits per heavy atom. The van der Waals surface area contributed by atoms with Gasteiger partial charge in [-0.2, -0.15) is 0 Å². The number of ether oxygens (including phenoxy) is 1. The first-order chi connectivity index (χ1) is 8.26. The van der Waals surface area contributed by atoms with Gasteiger partial charge in [-0.1, -0.05) is 23.7 Å². The van der Waals surface area contributed by atoms with Crippen LogP contribution >= 0.6 is 11.6 Å². The van der Waals surface area contributed by atoms with Crippen molar-refractivity contribution in [2.75, 3.05) is 7.11 Å². The molecule has 0 fully saturated rings. The van der Waals surface area contributed by atoms with Crippen LogP contribution in [0.4, 0.5) is 0 Å². The third kappa shape index (κ3) is 2.38. The summed E-state index contributed by atoms with van der Waals surface area (Å²) in [6.07, 6.45) is 1.46. The van der Waals surface area contributed by atoms with E-state index in [2.05, 4.69) is 9.97 Å². The molecule has 2 rings (SSSR count). The standard InChI is InChI=1S/C12H12ClN3O/c1-17-12-10(6-14)11(15-7-16-12)8-2-4-9(13)5-3-8/h2-5,7H,6,14H2,1H3. The predicted octanol–water partition coefficient (Wildman–Crippen LogP) is 2.26. The molecule has 88 valence electrons. The molecule has 0 radical (unpaired) electrons. The van der Waals surface area contributed by atoms with E-state index in [1.165, 1.54) is 6.33 Å². The number of halogens is 1. The van der Waals surface area contributed by atoms with Gasteiger partial charge in [0.2, 0.25) is 5.88 Å². The van der Waals surface area contributed by atoms with E-state index in [-0.39, 0.29) is 0 Å². The molecule has 0 saturated heterocycles. The molecule has 0 saturated carbocycles. The number of hydrogen-bond donors (Lipinski definition) is 1. The molecule has 0 unspecified atom stereocenters. The van der Waals surface area contributed by atoms with Gasteiger partial charge in [0, 0.05) is 17.1 Å². The van der Waals surface area contributed by atoms with Gasteiger partial charge in [-0.15, -0.1) is 0 Å². The molecule has 0 aliphatic carbocycles. The maximum atomic E-state index is 5.85. The number of benzene rings is 1. The van der Waals surface area contributed by atoms with Gasteiger partial charge < -0.3 is 10.5 Å². The molecule has 0 spiro atoms. The van der Waals surface area contributed by atoms with Crippen molar-refractivity contribution in [3.8, 4) is 17.1 Å². The summed E-state index contributed by atoms with van der Waals surface area (Å²) in [4.78, 5) is 8.28. The van der Waals surface area contributed by atoms with Gasteiger partial charge >= 0.3 is 0 Å². The molecule has 1 aromatic carbocycles. The van der Waals surface area contributed by atoms with Gasteiger partial charge in [-0.3, -0.25) is 0 Å². The minimum Gasteiger partial charge on any atom is -0.481 e. The smallest absolute Gasteiger partial charge is 0.221 e. The zero-order valence-electron chi connectivity index (χ0n) is 9.35. The van der Waals surface area contributed by atoms with Gasteiger partial charge in [0.15, 0.2) is 0 Å². The predicted molar refractivity (Wildman–Crippen MR) is 66.9 cm³/mol. The van der Waals surface area contributed by atoms with E-state index in [1.807, 2.05) is 24.3 Å². The number of aromatic nitrogens is 2. The zero-order valence-corrected chi connectivity index (χ0v) is 10.1. The lowest BCUT2D eigenvalue weighted by molar-refractivity contribution is 0.392. The van der Waals surface area contributed by atoms with Crippen molar-refractivity contribution >= 4 is 11.6 Å². The van der Waals surface area contributed by atoms with Gasteiger partial charge in [0.05, 0.1) is 18.4 Å². The lowest BCUT2D eigenvalue weighted by Gasteiger charge is -2.10. The van der Waals surface area contributed by atoms with Gasteiger partial charge in [-0.05, 0) is 12.1 Å². The summed E-state index contributed by atoms with van der Waals surface area (Å²) in [6.45, 7) is 0.321. The van der Waals surface area contributed by atoms with Crippen LogP contribution in [0.15, 0.2) is 30.6 Å². The minimum atomic E-state index is 0.321. The SMILES string of the molecule is COc1ncnc(-c2ccc(Cl)cc2)c1CN. The van der Waals surface area contributed by atoms with E-state index in [4.69, 9.17) is 22.1 Å². The first kappa shape index (κ1) is 11.8. The normalized spacial score (nSPS) is 10.3. The highest BCUT2D eigenvalue weighted by Gasteiger charge is 2.11. The molecule has 0 aliphatic rings. The number of nitrogens with two attached hydrogens (primary N) is 1. The third-order valence-electron chi connectivity index (χ3n) is 2.42. The van der Waals surface area contributed by atoms with E-state index >= 15 is 0 Å². The second kappa shape index (κ2) is 5.12. The highest BCUT2D eigenvalue weighted by atomic mass is 35.5. The number of methoxy groups -OCH3 is 1. The molecule has 0 aliphatic heterocycles. The van der Waals surface area contributed by atoms with E-state index in [0.717, 1.165) is 16.8 Å². The Hall–Kier alpha value is -1.65. The van der Waals surface area contributed by atoms with Crippen LogP contribution in [-0.2, 0) is 6.54 Å². The average Bonchev–Trinajstić information content (AvgIpc) is 2.38.